The molecular formula is C22H20N4O. The van der Waals surface area contributed by atoms with Gasteiger partial charge < -0.3 is 10.2 Å². The van der Waals surface area contributed by atoms with E-state index in [2.05, 4.69) is 23.3 Å². The van der Waals surface area contributed by atoms with Gasteiger partial charge in [0.25, 0.3) is 5.91 Å². The van der Waals surface area contributed by atoms with Crippen molar-refractivity contribution in [3.8, 4) is 6.07 Å². The van der Waals surface area contributed by atoms with Gasteiger partial charge in [-0.1, -0.05) is 30.3 Å². The molecule has 0 aliphatic rings. The van der Waals surface area contributed by atoms with Crippen LogP contribution in [0.15, 0.2) is 72.9 Å². The van der Waals surface area contributed by atoms with Gasteiger partial charge in [0.15, 0.2) is 0 Å². The highest BCUT2D eigenvalue weighted by atomic mass is 16.1. The van der Waals surface area contributed by atoms with Gasteiger partial charge in [0.1, 0.15) is 11.9 Å². The van der Waals surface area contributed by atoms with E-state index >= 15 is 0 Å². The van der Waals surface area contributed by atoms with Crippen LogP contribution in [0, 0.1) is 11.3 Å². The van der Waals surface area contributed by atoms with E-state index in [1.807, 2.05) is 60.5 Å². The van der Waals surface area contributed by atoms with E-state index in [4.69, 9.17) is 5.26 Å². The Labute approximate surface area is 158 Å². The summed E-state index contributed by atoms with van der Waals surface area (Å²) in [5, 5.41) is 11.8. The van der Waals surface area contributed by atoms with Crippen LogP contribution in [0.3, 0.4) is 0 Å². The molecule has 0 radical (unpaired) electrons. The summed E-state index contributed by atoms with van der Waals surface area (Å²) in [4.78, 5) is 18.7. The van der Waals surface area contributed by atoms with E-state index in [1.165, 1.54) is 0 Å². The fourth-order valence-electron chi connectivity index (χ4n) is 2.75. The van der Waals surface area contributed by atoms with Crippen LogP contribution in [0.25, 0.3) is 0 Å². The molecule has 5 heteroatoms. The zero-order valence-electron chi connectivity index (χ0n) is 15.3. The molecule has 1 amide bonds. The van der Waals surface area contributed by atoms with Crippen molar-refractivity contribution in [2.75, 3.05) is 17.3 Å². The summed E-state index contributed by atoms with van der Waals surface area (Å²) in [5.74, 6) is 0.641. The Bertz CT molecular complexity index is 962. The smallest absolute Gasteiger partial charge is 0.255 e. The number of benzene rings is 2. The van der Waals surface area contributed by atoms with Crippen LogP contribution < -0.4 is 10.2 Å². The third-order valence-electron chi connectivity index (χ3n) is 4.48. The average Bonchev–Trinajstić information content (AvgIpc) is 2.73. The van der Waals surface area contributed by atoms with Gasteiger partial charge >= 0.3 is 0 Å². The van der Waals surface area contributed by atoms with Gasteiger partial charge in [-0.05, 0) is 48.9 Å². The number of carbonyl (C=O) groups is 1. The molecule has 0 unspecified atom stereocenters. The largest absolute Gasteiger partial charge is 0.353 e. The van der Waals surface area contributed by atoms with Crippen molar-refractivity contribution in [3.05, 3.63) is 89.6 Å². The number of hydrogen-bond donors (Lipinski definition) is 1. The van der Waals surface area contributed by atoms with Crippen LogP contribution in [0.5, 0.6) is 0 Å². The summed E-state index contributed by atoms with van der Waals surface area (Å²) in [6.45, 7) is 2.07. The van der Waals surface area contributed by atoms with Crippen LogP contribution in [0.2, 0.25) is 0 Å². The molecule has 0 spiro atoms. The normalized spacial score (nSPS) is 11.3. The van der Waals surface area contributed by atoms with Crippen molar-refractivity contribution in [2.24, 2.45) is 0 Å². The molecule has 0 aliphatic heterocycles. The number of anilines is 2. The second kappa shape index (κ2) is 8.15. The molecule has 1 N–H and O–H groups in total. The standard InChI is InChI=1S/C22H20N4O/c1-16(26(2)21-12-11-17(14-23)15-24-21)19-9-6-10-20(13-19)25-22(27)18-7-4-3-5-8-18/h3-13,15-16H,1-2H3,(H,25,27)/t16-/m1/s1. The fourth-order valence-corrected chi connectivity index (χ4v) is 2.75. The molecule has 1 aromatic heterocycles. The number of nitrogens with one attached hydrogen (secondary N) is 1. The average molecular weight is 356 g/mol. The minimum absolute atomic E-state index is 0.0408. The first kappa shape index (κ1) is 18.2. The van der Waals surface area contributed by atoms with Crippen molar-refractivity contribution < 1.29 is 4.79 Å². The molecule has 0 saturated carbocycles. The van der Waals surface area contributed by atoms with Crippen molar-refractivity contribution >= 4 is 17.4 Å². The molecule has 0 aliphatic carbocycles. The summed E-state index contributed by atoms with van der Waals surface area (Å²) >= 11 is 0. The van der Waals surface area contributed by atoms with E-state index in [0.29, 0.717) is 11.1 Å². The summed E-state index contributed by atoms with van der Waals surface area (Å²) in [7, 11) is 1.95. The van der Waals surface area contributed by atoms with Gasteiger partial charge in [-0.15, -0.1) is 0 Å². The van der Waals surface area contributed by atoms with Crippen molar-refractivity contribution in [1.29, 1.82) is 5.26 Å². The van der Waals surface area contributed by atoms with Crippen molar-refractivity contribution in [1.82, 2.24) is 4.98 Å². The quantitative estimate of drug-likeness (QED) is 0.735. The van der Waals surface area contributed by atoms with Gasteiger partial charge in [0.2, 0.25) is 0 Å². The Morgan fingerprint density at radius 1 is 1.11 bits per heavy atom. The summed E-state index contributed by atoms with van der Waals surface area (Å²) in [5.41, 5.74) is 2.95. The van der Waals surface area contributed by atoms with Gasteiger partial charge in [-0.2, -0.15) is 5.26 Å². The van der Waals surface area contributed by atoms with Crippen LogP contribution in [0.4, 0.5) is 11.5 Å². The maximum Gasteiger partial charge on any atom is 0.255 e. The summed E-state index contributed by atoms with van der Waals surface area (Å²) in [6.07, 6.45) is 1.56. The molecule has 2 aromatic carbocycles. The first-order chi connectivity index (χ1) is 13.1. The highest BCUT2D eigenvalue weighted by Gasteiger charge is 2.14. The maximum absolute atomic E-state index is 12.4. The molecule has 27 heavy (non-hydrogen) atoms. The Morgan fingerprint density at radius 2 is 1.89 bits per heavy atom. The fraction of sp³-hybridized carbons (Fsp3) is 0.136. The number of hydrogen-bond acceptors (Lipinski definition) is 4. The first-order valence-electron chi connectivity index (χ1n) is 8.64. The van der Waals surface area contributed by atoms with E-state index in [9.17, 15) is 4.79 Å². The molecule has 1 atom stereocenters. The SMILES string of the molecule is C[C@H](c1cccc(NC(=O)c2ccccc2)c1)N(C)c1ccc(C#N)cn1. The van der Waals surface area contributed by atoms with Crippen LogP contribution in [-0.2, 0) is 0 Å². The Kier molecular flexibility index (Phi) is 5.48. The number of nitrogens with zero attached hydrogens (tertiary/aromatic N) is 3. The highest BCUT2D eigenvalue weighted by molar-refractivity contribution is 6.04. The summed E-state index contributed by atoms with van der Waals surface area (Å²) in [6, 6.07) is 22.6. The van der Waals surface area contributed by atoms with Gasteiger partial charge in [-0.25, -0.2) is 4.98 Å². The van der Waals surface area contributed by atoms with E-state index in [0.717, 1.165) is 17.1 Å². The lowest BCUT2D eigenvalue weighted by Gasteiger charge is -2.26. The third kappa shape index (κ3) is 4.31. The second-order valence-corrected chi connectivity index (χ2v) is 6.25. The van der Waals surface area contributed by atoms with Gasteiger partial charge in [-0.3, -0.25) is 4.79 Å². The van der Waals surface area contributed by atoms with E-state index in [-0.39, 0.29) is 11.9 Å². The number of amides is 1. The van der Waals surface area contributed by atoms with Crippen molar-refractivity contribution in [2.45, 2.75) is 13.0 Å². The predicted molar refractivity (Wildman–Crippen MR) is 107 cm³/mol. The minimum Gasteiger partial charge on any atom is -0.353 e. The van der Waals surface area contributed by atoms with Crippen LogP contribution in [0.1, 0.15) is 34.5 Å². The Balaban J connectivity index is 1.75. The Hall–Kier alpha value is -3.65. The number of aromatic nitrogens is 1. The zero-order chi connectivity index (χ0) is 19.2. The summed E-state index contributed by atoms with van der Waals surface area (Å²) < 4.78 is 0. The van der Waals surface area contributed by atoms with Gasteiger partial charge in [0.05, 0.1) is 11.6 Å². The number of pyridine rings is 1. The molecule has 5 nitrogen and oxygen atoms in total. The highest BCUT2D eigenvalue weighted by Crippen LogP contribution is 2.26. The molecule has 0 saturated heterocycles. The van der Waals surface area contributed by atoms with Crippen LogP contribution in [-0.4, -0.2) is 17.9 Å². The number of carbonyl (C=O) groups excluding carboxylic acids is 1. The lowest BCUT2D eigenvalue weighted by atomic mass is 10.1. The number of nitriles is 1. The third-order valence-corrected chi connectivity index (χ3v) is 4.48. The topological polar surface area (TPSA) is 69.0 Å². The maximum atomic E-state index is 12.4. The first-order valence-corrected chi connectivity index (χ1v) is 8.64. The van der Waals surface area contributed by atoms with Gasteiger partial charge in [0, 0.05) is 24.5 Å². The molecular weight excluding hydrogens is 336 g/mol. The van der Waals surface area contributed by atoms with Crippen molar-refractivity contribution in [3.63, 3.8) is 0 Å². The molecule has 134 valence electrons. The molecule has 3 aromatic rings. The molecule has 1 heterocycles. The lowest BCUT2D eigenvalue weighted by Crippen LogP contribution is -2.22. The predicted octanol–water partition coefficient (Wildman–Crippen LogP) is 4.40. The lowest BCUT2D eigenvalue weighted by molar-refractivity contribution is 0.102. The number of rotatable bonds is 5. The minimum atomic E-state index is -0.137. The van der Waals surface area contributed by atoms with Crippen LogP contribution >= 0.6 is 0 Å². The van der Waals surface area contributed by atoms with E-state index in [1.54, 1.807) is 24.4 Å². The zero-order valence-corrected chi connectivity index (χ0v) is 15.3. The Morgan fingerprint density at radius 3 is 2.56 bits per heavy atom. The van der Waals surface area contributed by atoms with E-state index < -0.39 is 0 Å². The second-order valence-electron chi connectivity index (χ2n) is 6.25. The molecule has 0 bridgehead atoms. The molecule has 3 rings (SSSR count). The monoisotopic (exact) mass is 356 g/mol. The molecule has 0 fully saturated rings.